The van der Waals surface area contributed by atoms with Crippen molar-refractivity contribution in [2.45, 2.75) is 19.8 Å². The molecule has 0 saturated carbocycles. The van der Waals surface area contributed by atoms with Crippen LogP contribution in [-0.2, 0) is 0 Å². The van der Waals surface area contributed by atoms with E-state index < -0.39 is 5.91 Å². The Kier molecular flexibility index (Phi) is 5.41. The minimum Gasteiger partial charge on any atom is -0.451 e. The summed E-state index contributed by atoms with van der Waals surface area (Å²) in [4.78, 5) is 35.6. The molecule has 8 nitrogen and oxygen atoms in total. The molecular weight excluding hydrogens is 370 g/mol. The molecule has 150 valence electrons. The van der Waals surface area contributed by atoms with Gasteiger partial charge in [-0.15, -0.1) is 0 Å². The van der Waals surface area contributed by atoms with Crippen LogP contribution in [0.3, 0.4) is 0 Å². The Hall–Kier alpha value is -3.42. The van der Waals surface area contributed by atoms with Gasteiger partial charge in [0.25, 0.3) is 5.91 Å². The van der Waals surface area contributed by atoms with Gasteiger partial charge in [-0.05, 0) is 31.9 Å². The second-order valence-corrected chi connectivity index (χ2v) is 7.01. The first-order valence-corrected chi connectivity index (χ1v) is 9.76. The van der Waals surface area contributed by atoms with Gasteiger partial charge in [-0.25, -0.2) is 9.97 Å². The van der Waals surface area contributed by atoms with E-state index in [1.54, 1.807) is 24.3 Å². The number of carbonyl (C=O) groups excluding carboxylic acids is 1. The van der Waals surface area contributed by atoms with Gasteiger partial charge in [-0.1, -0.05) is 12.1 Å². The van der Waals surface area contributed by atoms with Crippen LogP contribution in [0.5, 0.6) is 0 Å². The zero-order chi connectivity index (χ0) is 20.2. The van der Waals surface area contributed by atoms with Gasteiger partial charge in [0, 0.05) is 38.3 Å². The summed E-state index contributed by atoms with van der Waals surface area (Å²) in [5, 5.41) is 6.43. The molecule has 0 aliphatic carbocycles. The lowest BCUT2D eigenvalue weighted by molar-refractivity contribution is 0.0928. The van der Waals surface area contributed by atoms with Crippen LogP contribution in [-0.4, -0.2) is 42.1 Å². The highest BCUT2D eigenvalue weighted by atomic mass is 16.3. The standard InChI is InChI=1S/C21H23N5O3/c1-14-24-19(13-20(25-14)26-10-4-5-11-26)22-8-9-23-21(28)18-12-16(27)15-6-2-3-7-17(15)29-18/h2-3,6-7,12-13H,4-5,8-11H2,1H3,(H,23,28)(H,22,24,25). The molecule has 0 spiro atoms. The maximum atomic E-state index is 12.3. The number of fused-ring (bicyclic) bond motifs is 1. The molecular formula is C21H23N5O3. The minimum absolute atomic E-state index is 0.00269. The number of hydrogen-bond acceptors (Lipinski definition) is 7. The number of nitrogens with zero attached hydrogens (tertiary/aromatic N) is 3. The summed E-state index contributed by atoms with van der Waals surface area (Å²) in [6.07, 6.45) is 2.37. The zero-order valence-electron chi connectivity index (χ0n) is 16.3. The molecule has 1 aliphatic rings. The van der Waals surface area contributed by atoms with Crippen molar-refractivity contribution >= 4 is 28.5 Å². The molecule has 8 heteroatoms. The maximum absolute atomic E-state index is 12.3. The lowest BCUT2D eigenvalue weighted by Crippen LogP contribution is -2.29. The molecule has 4 rings (SSSR count). The number of amides is 1. The Morgan fingerprint density at radius 3 is 2.76 bits per heavy atom. The molecule has 1 aliphatic heterocycles. The molecule has 29 heavy (non-hydrogen) atoms. The quantitative estimate of drug-likeness (QED) is 0.620. The lowest BCUT2D eigenvalue weighted by atomic mass is 10.2. The van der Waals surface area contributed by atoms with Crippen LogP contribution in [0.2, 0.25) is 0 Å². The molecule has 1 aromatic carbocycles. The fourth-order valence-corrected chi connectivity index (χ4v) is 3.42. The van der Waals surface area contributed by atoms with Crippen LogP contribution in [0.25, 0.3) is 11.0 Å². The second-order valence-electron chi connectivity index (χ2n) is 7.01. The number of rotatable bonds is 6. The largest absolute Gasteiger partial charge is 0.451 e. The Morgan fingerprint density at radius 2 is 1.93 bits per heavy atom. The Labute approximate surface area is 168 Å². The van der Waals surface area contributed by atoms with E-state index in [-0.39, 0.29) is 11.2 Å². The van der Waals surface area contributed by atoms with Crippen LogP contribution < -0.4 is 21.0 Å². The molecule has 2 aromatic heterocycles. The molecule has 0 atom stereocenters. The van der Waals surface area contributed by atoms with Crippen LogP contribution in [0.1, 0.15) is 29.2 Å². The topological polar surface area (TPSA) is 100 Å². The number of aryl methyl sites for hydroxylation is 1. The molecule has 1 amide bonds. The summed E-state index contributed by atoms with van der Waals surface area (Å²) >= 11 is 0. The van der Waals surface area contributed by atoms with Crippen LogP contribution >= 0.6 is 0 Å². The Bertz CT molecular complexity index is 1090. The van der Waals surface area contributed by atoms with Crippen molar-refractivity contribution in [3.05, 3.63) is 58.2 Å². The third-order valence-corrected chi connectivity index (χ3v) is 4.83. The van der Waals surface area contributed by atoms with Crippen molar-refractivity contribution in [2.75, 3.05) is 36.4 Å². The third kappa shape index (κ3) is 4.37. The van der Waals surface area contributed by atoms with Crippen molar-refractivity contribution in [1.82, 2.24) is 15.3 Å². The predicted molar refractivity (Wildman–Crippen MR) is 112 cm³/mol. The van der Waals surface area contributed by atoms with Gasteiger partial charge in [-0.3, -0.25) is 9.59 Å². The Morgan fingerprint density at radius 1 is 1.14 bits per heavy atom. The highest BCUT2D eigenvalue weighted by Gasteiger charge is 2.15. The van der Waals surface area contributed by atoms with Crippen LogP contribution in [0.4, 0.5) is 11.6 Å². The molecule has 2 N–H and O–H groups in total. The summed E-state index contributed by atoms with van der Waals surface area (Å²) in [5.74, 6) is 1.94. The number of aromatic nitrogens is 2. The van der Waals surface area contributed by atoms with E-state index in [4.69, 9.17) is 4.42 Å². The van der Waals surface area contributed by atoms with E-state index in [1.807, 2.05) is 13.0 Å². The van der Waals surface area contributed by atoms with Gasteiger partial charge >= 0.3 is 0 Å². The molecule has 0 unspecified atom stereocenters. The fraction of sp³-hybridized carbons (Fsp3) is 0.333. The van der Waals surface area contributed by atoms with Gasteiger partial charge in [0.15, 0.2) is 11.2 Å². The first kappa shape index (κ1) is 18.9. The van der Waals surface area contributed by atoms with E-state index in [0.29, 0.717) is 29.9 Å². The highest BCUT2D eigenvalue weighted by molar-refractivity contribution is 5.93. The monoisotopic (exact) mass is 393 g/mol. The van der Waals surface area contributed by atoms with E-state index in [9.17, 15) is 9.59 Å². The second kappa shape index (κ2) is 8.30. The third-order valence-electron chi connectivity index (χ3n) is 4.83. The number of benzene rings is 1. The summed E-state index contributed by atoms with van der Waals surface area (Å²) in [6, 6.07) is 10.0. The van der Waals surface area contributed by atoms with Gasteiger partial charge in [0.1, 0.15) is 23.0 Å². The number of anilines is 2. The molecule has 0 radical (unpaired) electrons. The average Bonchev–Trinajstić information content (AvgIpc) is 3.26. The molecule has 3 aromatic rings. The van der Waals surface area contributed by atoms with E-state index in [2.05, 4.69) is 25.5 Å². The predicted octanol–water partition coefficient (Wildman–Crippen LogP) is 2.33. The van der Waals surface area contributed by atoms with Gasteiger partial charge in [-0.2, -0.15) is 0 Å². The lowest BCUT2D eigenvalue weighted by Gasteiger charge is -2.17. The molecule has 3 heterocycles. The van der Waals surface area contributed by atoms with Crippen molar-refractivity contribution < 1.29 is 9.21 Å². The summed E-state index contributed by atoms with van der Waals surface area (Å²) in [6.45, 7) is 4.75. The van der Waals surface area contributed by atoms with Crippen molar-refractivity contribution in [2.24, 2.45) is 0 Å². The molecule has 1 fully saturated rings. The van der Waals surface area contributed by atoms with Crippen LogP contribution in [0, 0.1) is 6.92 Å². The normalized spacial score (nSPS) is 13.6. The first-order chi connectivity index (χ1) is 14.1. The zero-order valence-corrected chi connectivity index (χ0v) is 16.3. The van der Waals surface area contributed by atoms with Gasteiger partial charge in [0.2, 0.25) is 0 Å². The average molecular weight is 393 g/mol. The fourth-order valence-electron chi connectivity index (χ4n) is 3.42. The summed E-state index contributed by atoms with van der Waals surface area (Å²) in [7, 11) is 0. The van der Waals surface area contributed by atoms with E-state index in [0.717, 1.165) is 24.7 Å². The van der Waals surface area contributed by atoms with E-state index in [1.165, 1.54) is 18.9 Å². The number of para-hydroxylation sites is 1. The van der Waals surface area contributed by atoms with Gasteiger partial charge < -0.3 is 20.0 Å². The van der Waals surface area contributed by atoms with Crippen molar-refractivity contribution in [1.29, 1.82) is 0 Å². The maximum Gasteiger partial charge on any atom is 0.287 e. The molecule has 0 bridgehead atoms. The van der Waals surface area contributed by atoms with E-state index >= 15 is 0 Å². The van der Waals surface area contributed by atoms with Crippen LogP contribution in [0.15, 0.2) is 45.6 Å². The summed E-state index contributed by atoms with van der Waals surface area (Å²) < 4.78 is 5.55. The number of hydrogen-bond donors (Lipinski definition) is 2. The highest BCUT2D eigenvalue weighted by Crippen LogP contribution is 2.20. The van der Waals surface area contributed by atoms with Gasteiger partial charge in [0.05, 0.1) is 5.39 Å². The number of carbonyl (C=O) groups is 1. The van der Waals surface area contributed by atoms with Crippen molar-refractivity contribution in [3.8, 4) is 0 Å². The minimum atomic E-state index is -0.425. The smallest absolute Gasteiger partial charge is 0.287 e. The van der Waals surface area contributed by atoms with Crippen molar-refractivity contribution in [3.63, 3.8) is 0 Å². The SMILES string of the molecule is Cc1nc(NCCNC(=O)c2cc(=O)c3ccccc3o2)cc(N2CCCC2)n1. The Balaban J connectivity index is 1.35. The summed E-state index contributed by atoms with van der Waals surface area (Å²) in [5.41, 5.74) is 0.162. The number of nitrogens with one attached hydrogen (secondary N) is 2. The first-order valence-electron chi connectivity index (χ1n) is 9.76. The molecule has 1 saturated heterocycles.